The number of thioether (sulfide) groups is 1. The number of aliphatic imine (C=N–C) groups is 1. The maximum Gasteiger partial charge on any atom is 0.248 e. The van der Waals surface area contributed by atoms with Gasteiger partial charge < -0.3 is 4.90 Å². The summed E-state index contributed by atoms with van der Waals surface area (Å²) >= 11 is 1.46. The predicted octanol–water partition coefficient (Wildman–Crippen LogP) is 2.37. The van der Waals surface area contributed by atoms with E-state index in [-0.39, 0.29) is 34.6 Å². The molecule has 0 radical (unpaired) electrons. The van der Waals surface area contributed by atoms with Crippen LogP contribution < -0.4 is 0 Å². The van der Waals surface area contributed by atoms with Crippen molar-refractivity contribution in [2.24, 2.45) is 10.9 Å². The molecule has 5 nitrogen and oxygen atoms in total. The number of carbonyl (C=O) groups excluding carboxylic acids is 1. The van der Waals surface area contributed by atoms with E-state index in [0.29, 0.717) is 18.1 Å². The lowest BCUT2D eigenvalue weighted by Gasteiger charge is -2.24. The molecule has 1 aromatic carbocycles. The number of amidine groups is 1. The van der Waals surface area contributed by atoms with Crippen LogP contribution in [-0.4, -0.2) is 53.7 Å². The Labute approximate surface area is 153 Å². The molecule has 0 saturated carbocycles. The van der Waals surface area contributed by atoms with E-state index in [1.165, 1.54) is 17.3 Å². The first-order chi connectivity index (χ1) is 11.8. The Bertz CT molecular complexity index is 760. The van der Waals surface area contributed by atoms with Gasteiger partial charge in [-0.3, -0.25) is 4.79 Å². The number of carbonyl (C=O) groups is 1. The van der Waals surface area contributed by atoms with Crippen molar-refractivity contribution in [3.63, 3.8) is 0 Å². The second kappa shape index (κ2) is 7.50. The molecule has 3 rings (SSSR count). The number of rotatable bonds is 5. The first-order valence-electron chi connectivity index (χ1n) is 8.63. The normalized spacial score (nSPS) is 26.4. The minimum Gasteiger partial charge on any atom is -0.346 e. The molecular weight excluding hydrogens is 356 g/mol. The monoisotopic (exact) mass is 380 g/mol. The molecule has 2 saturated heterocycles. The van der Waals surface area contributed by atoms with Crippen LogP contribution in [0, 0.1) is 5.92 Å². The summed E-state index contributed by atoms with van der Waals surface area (Å²) in [5.41, 5.74) is 1.20. The molecule has 0 bridgehead atoms. The van der Waals surface area contributed by atoms with Crippen LogP contribution in [0.15, 0.2) is 35.3 Å². The van der Waals surface area contributed by atoms with Crippen LogP contribution in [0.1, 0.15) is 25.8 Å². The van der Waals surface area contributed by atoms with Gasteiger partial charge in [0.1, 0.15) is 0 Å². The Kier molecular flexibility index (Phi) is 5.53. The van der Waals surface area contributed by atoms with E-state index in [1.54, 1.807) is 0 Å². The van der Waals surface area contributed by atoms with E-state index < -0.39 is 9.84 Å². The second-order valence-electron chi connectivity index (χ2n) is 7.12. The van der Waals surface area contributed by atoms with Gasteiger partial charge in [0.2, 0.25) is 5.91 Å². The molecule has 0 aliphatic carbocycles. The molecule has 2 aliphatic rings. The lowest BCUT2D eigenvalue weighted by Crippen LogP contribution is -2.39. The topological polar surface area (TPSA) is 66.8 Å². The number of benzene rings is 1. The SMILES string of the molecule is CC(C)CC(=O)N=C1S[C@@H]2CS(=O)(=O)C[C@H]2N1CCc1ccccc1. The smallest absolute Gasteiger partial charge is 0.248 e. The van der Waals surface area contributed by atoms with Gasteiger partial charge in [-0.2, -0.15) is 4.99 Å². The zero-order valence-corrected chi connectivity index (χ0v) is 16.2. The van der Waals surface area contributed by atoms with Crippen molar-refractivity contribution in [1.29, 1.82) is 0 Å². The summed E-state index contributed by atoms with van der Waals surface area (Å²) in [7, 11) is -2.99. The van der Waals surface area contributed by atoms with Crippen LogP contribution in [0.3, 0.4) is 0 Å². The number of amides is 1. The van der Waals surface area contributed by atoms with Crippen molar-refractivity contribution in [3.8, 4) is 0 Å². The van der Waals surface area contributed by atoms with Gasteiger partial charge in [0, 0.05) is 18.2 Å². The highest BCUT2D eigenvalue weighted by atomic mass is 32.2. The Morgan fingerprint density at radius 2 is 2.00 bits per heavy atom. The number of sulfone groups is 1. The third-order valence-corrected chi connectivity index (χ3v) is 7.71. The van der Waals surface area contributed by atoms with Crippen molar-refractivity contribution in [2.45, 2.75) is 38.0 Å². The van der Waals surface area contributed by atoms with E-state index in [1.807, 2.05) is 36.9 Å². The molecule has 2 aliphatic heterocycles. The molecule has 1 aromatic rings. The second-order valence-corrected chi connectivity index (χ2v) is 10.5. The van der Waals surface area contributed by atoms with Crippen molar-refractivity contribution in [2.75, 3.05) is 18.1 Å². The maximum absolute atomic E-state index is 12.1. The molecule has 0 N–H and O–H groups in total. The first kappa shape index (κ1) is 18.5. The van der Waals surface area contributed by atoms with Gasteiger partial charge in [-0.1, -0.05) is 55.9 Å². The Balaban J connectivity index is 1.77. The molecule has 2 heterocycles. The number of hydrogen-bond acceptors (Lipinski definition) is 4. The molecule has 2 fully saturated rings. The summed E-state index contributed by atoms with van der Waals surface area (Å²) in [5, 5.41) is 0.692. The number of hydrogen-bond donors (Lipinski definition) is 0. The van der Waals surface area contributed by atoms with Crippen LogP contribution in [0.5, 0.6) is 0 Å². The lowest BCUT2D eigenvalue weighted by atomic mass is 10.1. The Morgan fingerprint density at radius 1 is 1.28 bits per heavy atom. The molecule has 2 atom stereocenters. The van der Waals surface area contributed by atoms with Gasteiger partial charge in [-0.25, -0.2) is 8.42 Å². The third-order valence-electron chi connectivity index (χ3n) is 4.46. The van der Waals surface area contributed by atoms with Crippen molar-refractivity contribution >= 4 is 32.7 Å². The van der Waals surface area contributed by atoms with Gasteiger partial charge in [-0.05, 0) is 17.9 Å². The predicted molar refractivity (Wildman–Crippen MR) is 103 cm³/mol. The molecular formula is C18H24N2O3S2. The lowest BCUT2D eigenvalue weighted by molar-refractivity contribution is -0.118. The molecule has 0 unspecified atom stereocenters. The average Bonchev–Trinajstić information content (AvgIpc) is 2.97. The highest BCUT2D eigenvalue weighted by molar-refractivity contribution is 8.15. The molecule has 0 aromatic heterocycles. The van der Waals surface area contributed by atoms with Crippen LogP contribution >= 0.6 is 11.8 Å². The number of nitrogens with zero attached hydrogens (tertiary/aromatic N) is 2. The molecule has 7 heteroatoms. The molecule has 25 heavy (non-hydrogen) atoms. The minimum atomic E-state index is -2.99. The average molecular weight is 381 g/mol. The Morgan fingerprint density at radius 3 is 2.68 bits per heavy atom. The third kappa shape index (κ3) is 4.64. The van der Waals surface area contributed by atoms with Gasteiger partial charge in [0.25, 0.3) is 0 Å². The quantitative estimate of drug-likeness (QED) is 0.785. The van der Waals surface area contributed by atoms with E-state index in [0.717, 1.165) is 6.42 Å². The summed E-state index contributed by atoms with van der Waals surface area (Å²) < 4.78 is 24.0. The highest BCUT2D eigenvalue weighted by Gasteiger charge is 2.48. The van der Waals surface area contributed by atoms with E-state index in [4.69, 9.17) is 0 Å². The van der Waals surface area contributed by atoms with E-state index in [9.17, 15) is 13.2 Å². The summed E-state index contributed by atoms with van der Waals surface area (Å²) in [6, 6.07) is 10.0. The van der Waals surface area contributed by atoms with Crippen LogP contribution in [0.4, 0.5) is 0 Å². The van der Waals surface area contributed by atoms with Gasteiger partial charge in [0.05, 0.1) is 17.5 Å². The molecule has 136 valence electrons. The molecule has 1 amide bonds. The Hall–Kier alpha value is -1.34. The summed E-state index contributed by atoms with van der Waals surface area (Å²) in [4.78, 5) is 18.5. The molecule has 0 spiro atoms. The maximum atomic E-state index is 12.1. The van der Waals surface area contributed by atoms with Gasteiger partial charge in [-0.15, -0.1) is 0 Å². The highest BCUT2D eigenvalue weighted by Crippen LogP contribution is 2.38. The van der Waals surface area contributed by atoms with E-state index >= 15 is 0 Å². The standard InChI is InChI=1S/C18H24N2O3S2/c1-13(2)10-17(21)19-18-20(9-8-14-6-4-3-5-7-14)15-11-25(22,23)12-16(15)24-18/h3-7,13,15-16H,8-12H2,1-2H3/t15-,16-/m1/s1. The van der Waals surface area contributed by atoms with Crippen molar-refractivity contribution in [1.82, 2.24) is 4.90 Å². The summed E-state index contributed by atoms with van der Waals surface area (Å²) in [6.07, 6.45) is 1.23. The van der Waals surface area contributed by atoms with Gasteiger partial charge >= 0.3 is 0 Å². The first-order valence-corrected chi connectivity index (χ1v) is 11.3. The summed E-state index contributed by atoms with van der Waals surface area (Å²) in [5.74, 6) is 0.490. The fourth-order valence-electron chi connectivity index (χ4n) is 3.29. The van der Waals surface area contributed by atoms with Gasteiger partial charge in [0.15, 0.2) is 15.0 Å². The van der Waals surface area contributed by atoms with Crippen LogP contribution in [0.25, 0.3) is 0 Å². The zero-order chi connectivity index (χ0) is 18.0. The summed E-state index contributed by atoms with van der Waals surface area (Å²) in [6.45, 7) is 4.67. The van der Waals surface area contributed by atoms with Crippen molar-refractivity contribution < 1.29 is 13.2 Å². The largest absolute Gasteiger partial charge is 0.346 e. The zero-order valence-electron chi connectivity index (χ0n) is 14.6. The van der Waals surface area contributed by atoms with Crippen molar-refractivity contribution in [3.05, 3.63) is 35.9 Å². The van der Waals surface area contributed by atoms with Crippen LogP contribution in [0.2, 0.25) is 0 Å². The van der Waals surface area contributed by atoms with Crippen LogP contribution in [-0.2, 0) is 21.1 Å². The number of fused-ring (bicyclic) bond motifs is 1. The fourth-order valence-corrected chi connectivity index (χ4v) is 7.29. The van der Waals surface area contributed by atoms with E-state index in [2.05, 4.69) is 17.1 Å². The minimum absolute atomic E-state index is 0.00799. The fraction of sp³-hybridized carbons (Fsp3) is 0.556.